The SMILES string of the molecule is CCOC(=O)C(C)(C)Oc1cccc2c1CCCN2CCCCl. The molecule has 0 spiro atoms. The van der Waals surface area contributed by atoms with Crippen LogP contribution in [0.3, 0.4) is 0 Å². The maximum atomic E-state index is 12.1. The highest BCUT2D eigenvalue weighted by Crippen LogP contribution is 2.36. The molecule has 0 atom stereocenters. The van der Waals surface area contributed by atoms with Gasteiger partial charge in [0.05, 0.1) is 6.61 Å². The van der Waals surface area contributed by atoms with E-state index in [1.54, 1.807) is 20.8 Å². The van der Waals surface area contributed by atoms with Crippen LogP contribution < -0.4 is 9.64 Å². The minimum atomic E-state index is -0.996. The number of esters is 1. The molecular formula is C18H26ClNO3. The van der Waals surface area contributed by atoms with Crippen molar-refractivity contribution in [1.29, 1.82) is 0 Å². The van der Waals surface area contributed by atoms with E-state index in [2.05, 4.69) is 11.0 Å². The topological polar surface area (TPSA) is 38.8 Å². The molecule has 23 heavy (non-hydrogen) atoms. The minimum Gasteiger partial charge on any atom is -0.476 e. The molecule has 0 amide bonds. The monoisotopic (exact) mass is 339 g/mol. The number of hydrogen-bond donors (Lipinski definition) is 0. The van der Waals surface area contributed by atoms with Crippen molar-refractivity contribution >= 4 is 23.3 Å². The van der Waals surface area contributed by atoms with Crippen molar-refractivity contribution in [3.8, 4) is 5.75 Å². The molecule has 0 bridgehead atoms. The number of fused-ring (bicyclic) bond motifs is 1. The fourth-order valence-corrected chi connectivity index (χ4v) is 2.99. The second kappa shape index (κ2) is 7.91. The van der Waals surface area contributed by atoms with E-state index in [0.29, 0.717) is 12.5 Å². The van der Waals surface area contributed by atoms with E-state index in [1.807, 2.05) is 12.1 Å². The van der Waals surface area contributed by atoms with Crippen LogP contribution in [0.15, 0.2) is 18.2 Å². The molecule has 0 saturated heterocycles. The smallest absolute Gasteiger partial charge is 0.349 e. The van der Waals surface area contributed by atoms with Gasteiger partial charge in [-0.3, -0.25) is 0 Å². The summed E-state index contributed by atoms with van der Waals surface area (Å²) < 4.78 is 11.1. The van der Waals surface area contributed by atoms with Crippen LogP contribution in [-0.2, 0) is 16.0 Å². The van der Waals surface area contributed by atoms with Crippen LogP contribution in [-0.4, -0.2) is 37.1 Å². The van der Waals surface area contributed by atoms with Gasteiger partial charge in [-0.15, -0.1) is 11.6 Å². The van der Waals surface area contributed by atoms with Gasteiger partial charge >= 0.3 is 5.97 Å². The zero-order valence-electron chi connectivity index (χ0n) is 14.2. The average molecular weight is 340 g/mol. The molecule has 1 aliphatic rings. The predicted molar refractivity (Wildman–Crippen MR) is 93.7 cm³/mol. The Hall–Kier alpha value is -1.42. The van der Waals surface area contributed by atoms with Gasteiger partial charge in [-0.1, -0.05) is 6.07 Å². The lowest BCUT2D eigenvalue weighted by Crippen LogP contribution is -2.40. The Morgan fingerprint density at radius 2 is 2.17 bits per heavy atom. The van der Waals surface area contributed by atoms with Gasteiger partial charge in [0.2, 0.25) is 0 Å². The van der Waals surface area contributed by atoms with Crippen LogP contribution in [0.1, 0.15) is 39.2 Å². The summed E-state index contributed by atoms with van der Waals surface area (Å²) in [6.45, 7) is 7.63. The number of rotatable bonds is 7. The van der Waals surface area contributed by atoms with E-state index in [4.69, 9.17) is 21.1 Å². The van der Waals surface area contributed by atoms with Crippen LogP contribution in [0.5, 0.6) is 5.75 Å². The summed E-state index contributed by atoms with van der Waals surface area (Å²) in [4.78, 5) is 14.4. The van der Waals surface area contributed by atoms with Crippen molar-refractivity contribution in [3.63, 3.8) is 0 Å². The van der Waals surface area contributed by atoms with Crippen LogP contribution in [0, 0.1) is 0 Å². The number of carbonyl (C=O) groups excluding carboxylic acids is 1. The van der Waals surface area contributed by atoms with Crippen LogP contribution in [0.25, 0.3) is 0 Å². The first-order valence-corrected chi connectivity index (χ1v) is 8.82. The highest BCUT2D eigenvalue weighted by atomic mass is 35.5. The van der Waals surface area contributed by atoms with Crippen LogP contribution >= 0.6 is 11.6 Å². The fourth-order valence-electron chi connectivity index (χ4n) is 2.87. The molecule has 1 aromatic rings. The number of ether oxygens (including phenoxy) is 2. The Bertz CT molecular complexity index is 545. The zero-order valence-corrected chi connectivity index (χ0v) is 15.0. The Morgan fingerprint density at radius 3 is 2.87 bits per heavy atom. The lowest BCUT2D eigenvalue weighted by molar-refractivity contribution is -0.158. The van der Waals surface area contributed by atoms with E-state index >= 15 is 0 Å². The number of benzene rings is 1. The van der Waals surface area contributed by atoms with E-state index in [9.17, 15) is 4.79 Å². The van der Waals surface area contributed by atoms with Crippen molar-refractivity contribution in [2.45, 2.75) is 45.6 Å². The lowest BCUT2D eigenvalue weighted by Gasteiger charge is -2.33. The van der Waals surface area contributed by atoms with E-state index in [1.165, 1.54) is 11.3 Å². The third-order valence-corrected chi connectivity index (χ3v) is 4.26. The maximum absolute atomic E-state index is 12.1. The van der Waals surface area contributed by atoms with E-state index < -0.39 is 5.60 Å². The highest BCUT2D eigenvalue weighted by Gasteiger charge is 2.33. The molecule has 0 fully saturated rings. The fraction of sp³-hybridized carbons (Fsp3) is 0.611. The summed E-state index contributed by atoms with van der Waals surface area (Å²) in [5.74, 6) is 1.10. The molecule has 1 aliphatic heterocycles. The second-order valence-corrected chi connectivity index (χ2v) is 6.60. The van der Waals surface area contributed by atoms with Crippen molar-refractivity contribution in [3.05, 3.63) is 23.8 Å². The maximum Gasteiger partial charge on any atom is 0.349 e. The summed E-state index contributed by atoms with van der Waals surface area (Å²) >= 11 is 5.83. The van der Waals surface area contributed by atoms with Gasteiger partial charge in [0.1, 0.15) is 5.75 Å². The summed E-state index contributed by atoms with van der Waals surface area (Å²) in [6, 6.07) is 6.03. The van der Waals surface area contributed by atoms with Gasteiger partial charge in [0, 0.05) is 30.2 Å². The molecule has 0 aliphatic carbocycles. The molecule has 1 aromatic carbocycles. The summed E-state index contributed by atoms with van der Waals surface area (Å²) in [6.07, 6.45) is 3.00. The van der Waals surface area contributed by atoms with Gasteiger partial charge in [-0.25, -0.2) is 4.79 Å². The predicted octanol–water partition coefficient (Wildman–Crippen LogP) is 3.79. The van der Waals surface area contributed by atoms with Crippen molar-refractivity contribution in [2.75, 3.05) is 30.5 Å². The van der Waals surface area contributed by atoms with Gasteiger partial charge < -0.3 is 14.4 Å². The molecule has 4 nitrogen and oxygen atoms in total. The molecular weight excluding hydrogens is 314 g/mol. The Morgan fingerprint density at radius 1 is 1.39 bits per heavy atom. The first-order chi connectivity index (χ1) is 11.0. The zero-order chi connectivity index (χ0) is 16.9. The van der Waals surface area contributed by atoms with Crippen LogP contribution in [0.2, 0.25) is 0 Å². The number of hydrogen-bond acceptors (Lipinski definition) is 4. The van der Waals surface area contributed by atoms with E-state index in [0.717, 1.165) is 38.1 Å². The van der Waals surface area contributed by atoms with E-state index in [-0.39, 0.29) is 5.97 Å². The normalized spacial score (nSPS) is 14.3. The standard InChI is InChI=1S/C18H26ClNO3/c1-4-22-17(21)18(2,3)23-16-10-5-9-15-14(16)8-6-12-20(15)13-7-11-19/h5,9-10H,4,6-8,11-13H2,1-3H3. The highest BCUT2D eigenvalue weighted by molar-refractivity contribution is 6.17. The molecule has 5 heteroatoms. The summed E-state index contributed by atoms with van der Waals surface area (Å²) in [5, 5.41) is 0. The van der Waals surface area contributed by atoms with Crippen molar-refractivity contribution in [1.82, 2.24) is 0 Å². The molecule has 1 heterocycles. The molecule has 0 aromatic heterocycles. The Kier molecular flexibility index (Phi) is 6.17. The lowest BCUT2D eigenvalue weighted by atomic mass is 10.00. The molecule has 0 unspecified atom stereocenters. The largest absolute Gasteiger partial charge is 0.476 e. The molecule has 0 saturated carbocycles. The number of alkyl halides is 1. The molecule has 0 radical (unpaired) electrons. The second-order valence-electron chi connectivity index (χ2n) is 6.22. The summed E-state index contributed by atoms with van der Waals surface area (Å²) in [5.41, 5.74) is 1.37. The first-order valence-electron chi connectivity index (χ1n) is 8.28. The Labute approximate surface area is 143 Å². The third-order valence-electron chi connectivity index (χ3n) is 4.00. The number of nitrogens with zero attached hydrogens (tertiary/aromatic N) is 1. The molecule has 2 rings (SSSR count). The minimum absolute atomic E-state index is 0.340. The van der Waals surface area contributed by atoms with Gasteiger partial charge in [0.25, 0.3) is 0 Å². The van der Waals surface area contributed by atoms with Crippen LogP contribution in [0.4, 0.5) is 5.69 Å². The van der Waals surface area contributed by atoms with Crippen molar-refractivity contribution in [2.24, 2.45) is 0 Å². The third kappa shape index (κ3) is 4.31. The number of halogens is 1. The summed E-state index contributed by atoms with van der Waals surface area (Å²) in [7, 11) is 0. The number of carbonyl (C=O) groups is 1. The number of anilines is 1. The van der Waals surface area contributed by atoms with Gasteiger partial charge in [0.15, 0.2) is 5.60 Å². The molecule has 128 valence electrons. The van der Waals surface area contributed by atoms with Gasteiger partial charge in [-0.05, 0) is 52.2 Å². The van der Waals surface area contributed by atoms with Crippen molar-refractivity contribution < 1.29 is 14.3 Å². The first kappa shape index (κ1) is 17.9. The molecule has 0 N–H and O–H groups in total. The quantitative estimate of drug-likeness (QED) is 0.559. The average Bonchev–Trinajstić information content (AvgIpc) is 2.53. The van der Waals surface area contributed by atoms with Gasteiger partial charge in [-0.2, -0.15) is 0 Å². The Balaban J connectivity index is 2.23.